The molecule has 3 N–H and O–H groups in total. The predicted molar refractivity (Wildman–Crippen MR) is 149 cm³/mol. The molecule has 9 nitrogen and oxygen atoms in total. The SMILES string of the molecule is CCC(COCCC1CCN(C(=O)Nc2cccc(C#N)c2)CC1)n1cnc2c(N)nc3ccccc3c21. The largest absolute Gasteiger partial charge is 0.382 e. The third-order valence-electron chi connectivity index (χ3n) is 7.43. The number of carbonyl (C=O) groups excluding carboxylic acids is 1. The number of fused-ring (bicyclic) bond motifs is 3. The minimum absolute atomic E-state index is 0.114. The van der Waals surface area contributed by atoms with E-state index in [0.29, 0.717) is 36.2 Å². The number of pyridine rings is 1. The molecule has 1 unspecified atom stereocenters. The van der Waals surface area contributed by atoms with Crippen LogP contribution in [0.25, 0.3) is 21.9 Å². The van der Waals surface area contributed by atoms with Crippen LogP contribution in [0.5, 0.6) is 0 Å². The van der Waals surface area contributed by atoms with Crippen molar-refractivity contribution in [2.75, 3.05) is 37.4 Å². The van der Waals surface area contributed by atoms with Gasteiger partial charge in [0.05, 0.1) is 41.6 Å². The number of para-hydroxylation sites is 1. The second-order valence-electron chi connectivity index (χ2n) is 9.84. The number of rotatable bonds is 8. The number of likely N-dealkylation sites (tertiary alicyclic amines) is 1. The first-order valence-electron chi connectivity index (χ1n) is 13.2. The van der Waals surface area contributed by atoms with Gasteiger partial charge in [-0.15, -0.1) is 0 Å². The number of nitriles is 1. The van der Waals surface area contributed by atoms with Crippen LogP contribution in [-0.2, 0) is 4.74 Å². The molecule has 0 aliphatic carbocycles. The van der Waals surface area contributed by atoms with Crippen molar-refractivity contribution in [3.8, 4) is 6.07 Å². The lowest BCUT2D eigenvalue weighted by Crippen LogP contribution is -2.41. The lowest BCUT2D eigenvalue weighted by molar-refractivity contribution is 0.0825. The maximum atomic E-state index is 12.6. The fourth-order valence-electron chi connectivity index (χ4n) is 5.20. The number of benzene rings is 2. The molecule has 196 valence electrons. The molecule has 1 atom stereocenters. The molecule has 0 spiro atoms. The Hall–Kier alpha value is -4.16. The van der Waals surface area contributed by atoms with Gasteiger partial charge in [0.2, 0.25) is 0 Å². The number of nitrogen functional groups attached to an aromatic ring is 1. The number of nitrogens with two attached hydrogens (primary N) is 1. The van der Waals surface area contributed by atoms with E-state index in [1.807, 2.05) is 29.4 Å². The number of hydrogen-bond acceptors (Lipinski definition) is 6. The Morgan fingerprint density at radius 3 is 2.84 bits per heavy atom. The molecule has 4 aromatic rings. The van der Waals surface area contributed by atoms with Crippen LogP contribution in [0.2, 0.25) is 0 Å². The number of piperidine rings is 1. The topological polar surface area (TPSA) is 122 Å². The quantitative estimate of drug-likeness (QED) is 0.308. The molecule has 0 radical (unpaired) electrons. The summed E-state index contributed by atoms with van der Waals surface area (Å²) in [5.41, 5.74) is 9.98. The molecular formula is C29H33N7O2. The van der Waals surface area contributed by atoms with Gasteiger partial charge in [-0.2, -0.15) is 5.26 Å². The fourth-order valence-corrected chi connectivity index (χ4v) is 5.20. The van der Waals surface area contributed by atoms with Gasteiger partial charge in [0.1, 0.15) is 5.52 Å². The molecule has 1 aliphatic rings. The Morgan fingerprint density at radius 1 is 1.24 bits per heavy atom. The normalized spacial score (nSPS) is 15.0. The second kappa shape index (κ2) is 11.5. The summed E-state index contributed by atoms with van der Waals surface area (Å²) in [6.07, 6.45) is 5.64. The maximum absolute atomic E-state index is 12.6. The van der Waals surface area contributed by atoms with Crippen LogP contribution in [-0.4, -0.2) is 51.8 Å². The number of carbonyl (C=O) groups is 1. The first kappa shape index (κ1) is 25.5. The highest BCUT2D eigenvalue weighted by Gasteiger charge is 2.23. The van der Waals surface area contributed by atoms with Crippen molar-refractivity contribution in [3.63, 3.8) is 0 Å². The summed E-state index contributed by atoms with van der Waals surface area (Å²) in [4.78, 5) is 23.6. The van der Waals surface area contributed by atoms with E-state index in [9.17, 15) is 4.79 Å². The van der Waals surface area contributed by atoms with E-state index >= 15 is 0 Å². The van der Waals surface area contributed by atoms with Crippen LogP contribution in [0, 0.1) is 17.2 Å². The summed E-state index contributed by atoms with van der Waals surface area (Å²) in [7, 11) is 0. The molecular weight excluding hydrogens is 478 g/mol. The number of imidazole rings is 1. The van der Waals surface area contributed by atoms with Crippen LogP contribution < -0.4 is 11.1 Å². The van der Waals surface area contributed by atoms with Crippen molar-refractivity contribution >= 4 is 39.5 Å². The molecule has 5 rings (SSSR count). The van der Waals surface area contributed by atoms with Crippen LogP contribution >= 0.6 is 0 Å². The van der Waals surface area contributed by atoms with Gasteiger partial charge in [0.25, 0.3) is 0 Å². The van der Waals surface area contributed by atoms with E-state index in [-0.39, 0.29) is 12.1 Å². The van der Waals surface area contributed by atoms with Crippen molar-refractivity contribution in [1.29, 1.82) is 5.26 Å². The summed E-state index contributed by atoms with van der Waals surface area (Å²) in [6.45, 7) is 4.88. The van der Waals surface area contributed by atoms with E-state index in [0.717, 1.165) is 60.7 Å². The maximum Gasteiger partial charge on any atom is 0.321 e. The third-order valence-corrected chi connectivity index (χ3v) is 7.43. The van der Waals surface area contributed by atoms with Crippen LogP contribution in [0.3, 0.4) is 0 Å². The highest BCUT2D eigenvalue weighted by atomic mass is 16.5. The standard InChI is InChI=1S/C29H33N7O2/c1-2-23(36-19-32-26-27(36)24-8-3-4-9-25(24)34-28(26)31)18-38-15-12-20-10-13-35(14-11-20)29(37)33-22-7-5-6-21(16-22)17-30/h3-9,16,19-20,23H,2,10-15,18H2,1H3,(H2,31,34)(H,33,37). The number of aromatic nitrogens is 3. The highest BCUT2D eigenvalue weighted by Crippen LogP contribution is 2.30. The smallest absolute Gasteiger partial charge is 0.321 e. The molecule has 2 aromatic carbocycles. The van der Waals surface area contributed by atoms with Gasteiger partial charge in [-0.1, -0.05) is 31.2 Å². The van der Waals surface area contributed by atoms with Gasteiger partial charge in [-0.25, -0.2) is 14.8 Å². The Bertz CT molecular complexity index is 1470. The third kappa shape index (κ3) is 5.41. The number of nitrogens with zero attached hydrogens (tertiary/aromatic N) is 5. The summed E-state index contributed by atoms with van der Waals surface area (Å²) >= 11 is 0. The van der Waals surface area contributed by atoms with E-state index < -0.39 is 0 Å². The van der Waals surface area contributed by atoms with Gasteiger partial charge < -0.3 is 25.3 Å². The molecule has 3 heterocycles. The van der Waals surface area contributed by atoms with Crippen molar-refractivity contribution < 1.29 is 9.53 Å². The second-order valence-corrected chi connectivity index (χ2v) is 9.84. The first-order chi connectivity index (χ1) is 18.6. The number of nitrogens with one attached hydrogen (secondary N) is 1. The Kier molecular flexibility index (Phi) is 7.70. The number of ether oxygens (including phenoxy) is 1. The number of urea groups is 1. The van der Waals surface area contributed by atoms with E-state index in [1.54, 1.807) is 24.3 Å². The van der Waals surface area contributed by atoms with Crippen molar-refractivity contribution in [1.82, 2.24) is 19.4 Å². The van der Waals surface area contributed by atoms with Crippen molar-refractivity contribution in [3.05, 3.63) is 60.4 Å². The van der Waals surface area contributed by atoms with E-state index in [1.165, 1.54) is 0 Å². The zero-order chi connectivity index (χ0) is 26.5. The molecule has 2 amide bonds. The van der Waals surface area contributed by atoms with Gasteiger partial charge in [-0.05, 0) is 55.9 Å². The molecule has 38 heavy (non-hydrogen) atoms. The number of amides is 2. The monoisotopic (exact) mass is 511 g/mol. The van der Waals surface area contributed by atoms with Gasteiger partial charge in [0.15, 0.2) is 5.82 Å². The molecule has 1 saturated heterocycles. The Balaban J connectivity index is 1.11. The molecule has 1 aliphatic heterocycles. The zero-order valence-electron chi connectivity index (χ0n) is 21.6. The molecule has 1 fully saturated rings. The number of anilines is 2. The van der Waals surface area contributed by atoms with Crippen LogP contribution in [0.1, 0.15) is 44.2 Å². The predicted octanol–water partition coefficient (Wildman–Crippen LogP) is 5.34. The summed E-state index contributed by atoms with van der Waals surface area (Å²) in [5, 5.41) is 13.0. The van der Waals surface area contributed by atoms with Crippen LogP contribution in [0.4, 0.5) is 16.3 Å². The Morgan fingerprint density at radius 2 is 2.05 bits per heavy atom. The molecule has 0 bridgehead atoms. The molecule has 9 heteroatoms. The first-order valence-corrected chi connectivity index (χ1v) is 13.2. The zero-order valence-corrected chi connectivity index (χ0v) is 21.6. The molecule has 0 saturated carbocycles. The van der Waals surface area contributed by atoms with E-state index in [2.05, 4.69) is 38.9 Å². The van der Waals surface area contributed by atoms with Gasteiger partial charge in [0, 0.05) is 30.8 Å². The lowest BCUT2D eigenvalue weighted by atomic mass is 9.94. The van der Waals surface area contributed by atoms with Crippen LogP contribution in [0.15, 0.2) is 54.9 Å². The highest BCUT2D eigenvalue weighted by molar-refractivity contribution is 6.06. The van der Waals surface area contributed by atoms with Crippen molar-refractivity contribution in [2.45, 2.75) is 38.6 Å². The fraction of sp³-hybridized carbons (Fsp3) is 0.379. The van der Waals surface area contributed by atoms with Crippen molar-refractivity contribution in [2.24, 2.45) is 5.92 Å². The number of hydrogen-bond donors (Lipinski definition) is 2. The summed E-state index contributed by atoms with van der Waals surface area (Å²) in [6, 6.07) is 17.1. The Labute approximate surface area is 222 Å². The van der Waals surface area contributed by atoms with Gasteiger partial charge in [-0.3, -0.25) is 0 Å². The summed E-state index contributed by atoms with van der Waals surface area (Å²) < 4.78 is 8.34. The summed E-state index contributed by atoms with van der Waals surface area (Å²) in [5.74, 6) is 0.980. The average molecular weight is 512 g/mol. The minimum Gasteiger partial charge on any atom is -0.382 e. The molecule has 2 aromatic heterocycles. The van der Waals surface area contributed by atoms with Gasteiger partial charge >= 0.3 is 6.03 Å². The van der Waals surface area contributed by atoms with E-state index in [4.69, 9.17) is 15.7 Å². The average Bonchev–Trinajstić information content (AvgIpc) is 3.39. The minimum atomic E-state index is -0.114. The lowest BCUT2D eigenvalue weighted by Gasteiger charge is -2.32.